The molecule has 0 bridgehead atoms. The first kappa shape index (κ1) is 16.1. The van der Waals surface area contributed by atoms with Crippen LogP contribution in [0.1, 0.15) is 38.2 Å². The van der Waals surface area contributed by atoms with E-state index in [9.17, 15) is 13.2 Å². The molecule has 1 aliphatic rings. The standard InChI is InChI=1S/C16H23F3N2/c1-2-10-21-11-5-6-13(9-12-21)20-15-8-4-3-7-14(15)16(17,18)19/h3-4,7-8,13,20H,2,5-6,9-12H2,1H3. The lowest BCUT2D eigenvalue weighted by molar-refractivity contribution is -0.137. The Labute approximate surface area is 124 Å². The molecule has 1 saturated heterocycles. The predicted molar refractivity (Wildman–Crippen MR) is 79.4 cm³/mol. The first-order valence-corrected chi connectivity index (χ1v) is 7.66. The average Bonchev–Trinajstić information content (AvgIpc) is 2.64. The van der Waals surface area contributed by atoms with Crippen molar-refractivity contribution < 1.29 is 13.2 Å². The highest BCUT2D eigenvalue weighted by molar-refractivity contribution is 5.53. The zero-order valence-corrected chi connectivity index (χ0v) is 12.4. The molecule has 0 amide bonds. The summed E-state index contributed by atoms with van der Waals surface area (Å²) in [7, 11) is 0. The molecule has 1 atom stereocenters. The lowest BCUT2D eigenvalue weighted by atomic mass is 10.1. The maximum Gasteiger partial charge on any atom is 0.418 e. The van der Waals surface area contributed by atoms with E-state index < -0.39 is 11.7 Å². The van der Waals surface area contributed by atoms with E-state index in [0.29, 0.717) is 0 Å². The van der Waals surface area contributed by atoms with E-state index in [1.807, 2.05) is 0 Å². The molecule has 0 radical (unpaired) electrons. The number of hydrogen-bond donors (Lipinski definition) is 1. The number of para-hydroxylation sites is 1. The van der Waals surface area contributed by atoms with E-state index in [0.717, 1.165) is 51.4 Å². The second-order valence-corrected chi connectivity index (χ2v) is 5.66. The first-order chi connectivity index (χ1) is 10.0. The summed E-state index contributed by atoms with van der Waals surface area (Å²) in [5.41, 5.74) is -0.362. The van der Waals surface area contributed by atoms with Crippen molar-refractivity contribution in [2.24, 2.45) is 0 Å². The third kappa shape index (κ3) is 4.63. The molecule has 21 heavy (non-hydrogen) atoms. The Morgan fingerprint density at radius 2 is 1.95 bits per heavy atom. The smallest absolute Gasteiger partial charge is 0.382 e. The van der Waals surface area contributed by atoms with E-state index in [1.54, 1.807) is 6.07 Å². The molecule has 1 aromatic carbocycles. The van der Waals surface area contributed by atoms with Crippen molar-refractivity contribution >= 4 is 5.69 Å². The van der Waals surface area contributed by atoms with Crippen LogP contribution in [0.3, 0.4) is 0 Å². The fraction of sp³-hybridized carbons (Fsp3) is 0.625. The Hall–Kier alpha value is -1.23. The number of benzene rings is 1. The number of likely N-dealkylation sites (tertiary alicyclic amines) is 1. The van der Waals surface area contributed by atoms with Crippen LogP contribution in [-0.2, 0) is 6.18 Å². The van der Waals surface area contributed by atoms with Crippen LogP contribution in [-0.4, -0.2) is 30.6 Å². The normalized spacial score (nSPS) is 21.0. The maximum absolute atomic E-state index is 13.0. The molecule has 2 nitrogen and oxygen atoms in total. The van der Waals surface area contributed by atoms with Crippen LogP contribution < -0.4 is 5.32 Å². The topological polar surface area (TPSA) is 15.3 Å². The van der Waals surface area contributed by atoms with Gasteiger partial charge in [-0.3, -0.25) is 0 Å². The highest BCUT2D eigenvalue weighted by Gasteiger charge is 2.33. The summed E-state index contributed by atoms with van der Waals surface area (Å²) in [6.45, 7) is 5.23. The molecular formula is C16H23F3N2. The van der Waals surface area contributed by atoms with Crippen LogP contribution in [0.25, 0.3) is 0 Å². The molecule has 1 aromatic rings. The van der Waals surface area contributed by atoms with Gasteiger partial charge in [-0.25, -0.2) is 0 Å². The summed E-state index contributed by atoms with van der Waals surface area (Å²) < 4.78 is 39.0. The molecule has 0 spiro atoms. The fourth-order valence-electron chi connectivity index (χ4n) is 2.92. The third-order valence-corrected chi connectivity index (χ3v) is 3.95. The van der Waals surface area contributed by atoms with Crippen molar-refractivity contribution in [3.05, 3.63) is 29.8 Å². The molecular weight excluding hydrogens is 277 g/mol. The summed E-state index contributed by atoms with van der Waals surface area (Å²) in [6, 6.07) is 5.87. The van der Waals surface area contributed by atoms with Gasteiger partial charge in [-0.05, 0) is 50.9 Å². The predicted octanol–water partition coefficient (Wildman–Crippen LogP) is 4.38. The number of hydrogen-bond acceptors (Lipinski definition) is 2. The molecule has 0 aromatic heterocycles. The largest absolute Gasteiger partial charge is 0.418 e. The quantitative estimate of drug-likeness (QED) is 0.887. The van der Waals surface area contributed by atoms with Crippen molar-refractivity contribution in [2.45, 2.75) is 44.8 Å². The van der Waals surface area contributed by atoms with Crippen LogP contribution in [0.5, 0.6) is 0 Å². The van der Waals surface area contributed by atoms with Gasteiger partial charge in [-0.15, -0.1) is 0 Å². The SMILES string of the molecule is CCCN1CCCC(Nc2ccccc2C(F)(F)F)CC1. The molecule has 1 N–H and O–H groups in total. The van der Waals surface area contributed by atoms with Gasteiger partial charge in [0.15, 0.2) is 0 Å². The Bertz CT molecular complexity index is 445. The zero-order chi connectivity index (χ0) is 15.3. The number of nitrogens with zero attached hydrogens (tertiary/aromatic N) is 1. The Balaban J connectivity index is 2.02. The molecule has 1 fully saturated rings. The molecule has 0 aliphatic carbocycles. The van der Waals surface area contributed by atoms with Gasteiger partial charge in [0.25, 0.3) is 0 Å². The summed E-state index contributed by atoms with van der Waals surface area (Å²) in [5.74, 6) is 0. The summed E-state index contributed by atoms with van der Waals surface area (Å²) >= 11 is 0. The average molecular weight is 300 g/mol. The van der Waals surface area contributed by atoms with E-state index in [1.165, 1.54) is 12.1 Å². The van der Waals surface area contributed by atoms with Gasteiger partial charge in [0.1, 0.15) is 0 Å². The minimum Gasteiger partial charge on any atom is -0.382 e. The second kappa shape index (κ2) is 7.16. The van der Waals surface area contributed by atoms with Gasteiger partial charge in [-0.1, -0.05) is 19.1 Å². The minimum atomic E-state index is -4.30. The van der Waals surface area contributed by atoms with Crippen LogP contribution >= 0.6 is 0 Å². The maximum atomic E-state index is 13.0. The number of alkyl halides is 3. The third-order valence-electron chi connectivity index (χ3n) is 3.95. The highest BCUT2D eigenvalue weighted by Crippen LogP contribution is 2.35. The number of anilines is 1. The molecule has 1 heterocycles. The molecule has 1 unspecified atom stereocenters. The lowest BCUT2D eigenvalue weighted by Gasteiger charge is -2.22. The number of rotatable bonds is 4. The molecule has 2 rings (SSSR count). The molecule has 5 heteroatoms. The Kier molecular flexibility index (Phi) is 5.51. The van der Waals surface area contributed by atoms with E-state index in [4.69, 9.17) is 0 Å². The summed E-state index contributed by atoms with van der Waals surface area (Å²) in [5, 5.41) is 3.11. The minimum absolute atomic E-state index is 0.121. The Morgan fingerprint density at radius 1 is 1.19 bits per heavy atom. The van der Waals surface area contributed by atoms with Crippen molar-refractivity contribution in [1.29, 1.82) is 0 Å². The van der Waals surface area contributed by atoms with Crippen molar-refractivity contribution in [2.75, 3.05) is 25.0 Å². The number of halogens is 3. The fourth-order valence-corrected chi connectivity index (χ4v) is 2.92. The van der Waals surface area contributed by atoms with E-state index >= 15 is 0 Å². The highest BCUT2D eigenvalue weighted by atomic mass is 19.4. The molecule has 0 saturated carbocycles. The molecule has 118 valence electrons. The van der Waals surface area contributed by atoms with E-state index in [-0.39, 0.29) is 11.7 Å². The monoisotopic (exact) mass is 300 g/mol. The lowest BCUT2D eigenvalue weighted by Crippen LogP contribution is -2.27. The second-order valence-electron chi connectivity index (χ2n) is 5.66. The van der Waals surface area contributed by atoms with Gasteiger partial charge in [-0.2, -0.15) is 13.2 Å². The Morgan fingerprint density at radius 3 is 2.67 bits per heavy atom. The van der Waals surface area contributed by atoms with Gasteiger partial charge < -0.3 is 10.2 Å². The first-order valence-electron chi connectivity index (χ1n) is 7.66. The van der Waals surface area contributed by atoms with Crippen LogP contribution in [0.15, 0.2) is 24.3 Å². The zero-order valence-electron chi connectivity index (χ0n) is 12.4. The summed E-state index contributed by atoms with van der Waals surface area (Å²) in [6.07, 6.45) is -0.331. The van der Waals surface area contributed by atoms with E-state index in [2.05, 4.69) is 17.1 Å². The number of nitrogens with one attached hydrogen (secondary N) is 1. The van der Waals surface area contributed by atoms with Gasteiger partial charge in [0, 0.05) is 18.3 Å². The van der Waals surface area contributed by atoms with Gasteiger partial charge in [0.2, 0.25) is 0 Å². The van der Waals surface area contributed by atoms with Crippen molar-refractivity contribution in [3.8, 4) is 0 Å². The molecule has 1 aliphatic heterocycles. The van der Waals surface area contributed by atoms with Crippen LogP contribution in [0, 0.1) is 0 Å². The van der Waals surface area contributed by atoms with Gasteiger partial charge >= 0.3 is 6.18 Å². The van der Waals surface area contributed by atoms with Crippen LogP contribution in [0.4, 0.5) is 18.9 Å². The van der Waals surface area contributed by atoms with Crippen LogP contribution in [0.2, 0.25) is 0 Å². The summed E-state index contributed by atoms with van der Waals surface area (Å²) in [4.78, 5) is 2.40. The van der Waals surface area contributed by atoms with Gasteiger partial charge in [0.05, 0.1) is 5.56 Å². The van der Waals surface area contributed by atoms with Crippen molar-refractivity contribution in [1.82, 2.24) is 4.90 Å². The van der Waals surface area contributed by atoms with Crippen molar-refractivity contribution in [3.63, 3.8) is 0 Å².